The molecule has 0 aliphatic carbocycles. The maximum absolute atomic E-state index is 12.8. The molecule has 4 rings (SSSR count). The number of para-hydroxylation sites is 2. The van der Waals surface area contributed by atoms with Crippen molar-refractivity contribution in [1.29, 1.82) is 0 Å². The summed E-state index contributed by atoms with van der Waals surface area (Å²) in [6.07, 6.45) is 1.44. The Balaban J connectivity index is 1.48. The third-order valence-electron chi connectivity index (χ3n) is 5.14. The predicted octanol–water partition coefficient (Wildman–Crippen LogP) is 5.33. The lowest BCUT2D eigenvalue weighted by Gasteiger charge is -2.11. The summed E-state index contributed by atoms with van der Waals surface area (Å²) in [5.74, 6) is -0.0203. The third-order valence-corrected chi connectivity index (χ3v) is 6.50. The molecule has 0 aromatic heterocycles. The zero-order valence-corrected chi connectivity index (χ0v) is 20.3. The van der Waals surface area contributed by atoms with Gasteiger partial charge in [-0.2, -0.15) is 5.10 Å². The summed E-state index contributed by atoms with van der Waals surface area (Å²) >= 11 is 0. The molecule has 0 heterocycles. The SMILES string of the molecule is O=C(O)c1ccccc1NS(=O)(=O)c1ccc(N/N=C\c2ccc(Oc3ccccc3)cc2)c([N+](=O)[O-])c1. The highest BCUT2D eigenvalue weighted by molar-refractivity contribution is 7.92. The van der Waals surface area contributed by atoms with Crippen molar-refractivity contribution in [3.05, 3.63) is 118 Å². The van der Waals surface area contributed by atoms with Crippen LogP contribution in [0.3, 0.4) is 0 Å². The number of carbonyl (C=O) groups is 1. The molecule has 0 saturated heterocycles. The Hall–Kier alpha value is -5.23. The maximum Gasteiger partial charge on any atom is 0.337 e. The lowest BCUT2D eigenvalue weighted by atomic mass is 10.2. The molecule has 0 saturated carbocycles. The number of carboxylic acid groups (broad SMARTS) is 1. The Morgan fingerprint density at radius 2 is 1.55 bits per heavy atom. The van der Waals surface area contributed by atoms with Crippen molar-refractivity contribution in [3.8, 4) is 11.5 Å². The molecule has 0 atom stereocenters. The van der Waals surface area contributed by atoms with Gasteiger partial charge in [-0.15, -0.1) is 0 Å². The van der Waals surface area contributed by atoms with Crippen molar-refractivity contribution in [2.24, 2.45) is 5.10 Å². The summed E-state index contributed by atoms with van der Waals surface area (Å²) < 4.78 is 33.5. The Labute approximate surface area is 217 Å². The van der Waals surface area contributed by atoms with Crippen LogP contribution in [-0.4, -0.2) is 30.6 Å². The zero-order chi connectivity index (χ0) is 27.1. The first-order chi connectivity index (χ1) is 18.2. The van der Waals surface area contributed by atoms with E-state index in [0.29, 0.717) is 17.1 Å². The highest BCUT2D eigenvalue weighted by atomic mass is 32.2. The molecule has 0 radical (unpaired) electrons. The number of nitrogens with one attached hydrogen (secondary N) is 2. The van der Waals surface area contributed by atoms with Crippen molar-refractivity contribution in [2.45, 2.75) is 4.90 Å². The largest absolute Gasteiger partial charge is 0.478 e. The summed E-state index contributed by atoms with van der Waals surface area (Å²) in [6.45, 7) is 0. The minimum Gasteiger partial charge on any atom is -0.478 e. The highest BCUT2D eigenvalue weighted by Gasteiger charge is 2.23. The van der Waals surface area contributed by atoms with Gasteiger partial charge in [0.1, 0.15) is 17.2 Å². The summed E-state index contributed by atoms with van der Waals surface area (Å²) in [5.41, 5.74) is 2.22. The molecular formula is C26H20N4O7S. The van der Waals surface area contributed by atoms with Crippen LogP contribution in [0.15, 0.2) is 107 Å². The van der Waals surface area contributed by atoms with E-state index >= 15 is 0 Å². The van der Waals surface area contributed by atoms with Crippen LogP contribution < -0.4 is 14.9 Å². The number of aromatic carboxylic acids is 1. The van der Waals surface area contributed by atoms with Gasteiger partial charge in [0.15, 0.2) is 0 Å². The average Bonchev–Trinajstić information content (AvgIpc) is 2.90. The Bertz CT molecular complexity index is 1610. The summed E-state index contributed by atoms with van der Waals surface area (Å²) in [7, 11) is -4.33. The number of nitro groups is 1. The van der Waals surface area contributed by atoms with E-state index in [4.69, 9.17) is 4.74 Å². The molecule has 38 heavy (non-hydrogen) atoms. The van der Waals surface area contributed by atoms with E-state index in [-0.39, 0.29) is 16.9 Å². The second-order valence-electron chi connectivity index (χ2n) is 7.75. The lowest BCUT2D eigenvalue weighted by Crippen LogP contribution is -2.16. The van der Waals surface area contributed by atoms with Gasteiger partial charge in [-0.05, 0) is 66.2 Å². The topological polar surface area (TPSA) is 160 Å². The monoisotopic (exact) mass is 532 g/mol. The van der Waals surface area contributed by atoms with Crippen molar-refractivity contribution in [2.75, 3.05) is 10.1 Å². The number of benzene rings is 4. The maximum atomic E-state index is 12.8. The number of hydrogen-bond donors (Lipinski definition) is 3. The molecule has 0 unspecified atom stereocenters. The van der Waals surface area contributed by atoms with E-state index in [1.165, 1.54) is 36.5 Å². The second kappa shape index (κ2) is 11.2. The summed E-state index contributed by atoms with van der Waals surface area (Å²) in [4.78, 5) is 21.8. The third kappa shape index (κ3) is 6.30. The summed E-state index contributed by atoms with van der Waals surface area (Å²) in [6, 6.07) is 24.8. The first kappa shape index (κ1) is 25.9. The van der Waals surface area contributed by atoms with Gasteiger partial charge >= 0.3 is 5.97 Å². The molecule has 3 N–H and O–H groups in total. The molecular weight excluding hydrogens is 512 g/mol. The van der Waals surface area contributed by atoms with Gasteiger partial charge < -0.3 is 9.84 Å². The molecule has 192 valence electrons. The number of carboxylic acids is 1. The molecule has 11 nitrogen and oxygen atoms in total. The smallest absolute Gasteiger partial charge is 0.337 e. The molecule has 0 bridgehead atoms. The number of hydrazone groups is 1. The van der Waals surface area contributed by atoms with Gasteiger partial charge in [0.2, 0.25) is 0 Å². The van der Waals surface area contributed by atoms with E-state index in [0.717, 1.165) is 12.1 Å². The van der Waals surface area contributed by atoms with E-state index in [2.05, 4.69) is 15.2 Å². The number of nitro benzene ring substituents is 1. The minimum absolute atomic E-state index is 0.0415. The number of hydrogen-bond acceptors (Lipinski definition) is 8. The number of anilines is 2. The van der Waals surface area contributed by atoms with Crippen LogP contribution >= 0.6 is 0 Å². The molecule has 4 aromatic carbocycles. The Kier molecular flexibility index (Phi) is 7.63. The molecule has 0 fully saturated rings. The number of ether oxygens (including phenoxy) is 1. The Morgan fingerprint density at radius 1 is 0.895 bits per heavy atom. The van der Waals surface area contributed by atoms with Crippen molar-refractivity contribution >= 4 is 39.3 Å². The van der Waals surface area contributed by atoms with Crippen molar-refractivity contribution in [3.63, 3.8) is 0 Å². The van der Waals surface area contributed by atoms with E-state index in [1.54, 1.807) is 24.3 Å². The number of rotatable bonds is 10. The first-order valence-electron chi connectivity index (χ1n) is 11.0. The van der Waals surface area contributed by atoms with Crippen LogP contribution in [0.4, 0.5) is 17.1 Å². The fourth-order valence-electron chi connectivity index (χ4n) is 3.31. The second-order valence-corrected chi connectivity index (χ2v) is 9.43. The van der Waals surface area contributed by atoms with Gasteiger partial charge in [0, 0.05) is 6.07 Å². The van der Waals surface area contributed by atoms with Gasteiger partial charge in [0.05, 0.1) is 27.3 Å². The number of sulfonamides is 1. The standard InChI is InChI=1S/C26H20N4O7S/c31-26(32)22-8-4-5-9-23(22)29-38(35,36)21-14-15-24(25(16-21)30(33)34)28-27-17-18-10-12-20(13-11-18)37-19-6-2-1-3-7-19/h1-17,28-29H,(H,31,32)/b27-17-. The zero-order valence-electron chi connectivity index (χ0n) is 19.5. The van der Waals surface area contributed by atoms with Gasteiger partial charge in [-0.3, -0.25) is 20.3 Å². The van der Waals surface area contributed by atoms with Gasteiger partial charge in [-0.25, -0.2) is 13.2 Å². The highest BCUT2D eigenvalue weighted by Crippen LogP contribution is 2.29. The first-order valence-corrected chi connectivity index (χ1v) is 12.5. The molecule has 0 amide bonds. The molecule has 4 aromatic rings. The molecule has 0 aliphatic heterocycles. The average molecular weight is 533 g/mol. The predicted molar refractivity (Wildman–Crippen MR) is 141 cm³/mol. The van der Waals surface area contributed by atoms with Crippen LogP contribution in [-0.2, 0) is 10.0 Å². The van der Waals surface area contributed by atoms with Gasteiger partial charge in [0.25, 0.3) is 15.7 Å². The fraction of sp³-hybridized carbons (Fsp3) is 0. The normalized spacial score (nSPS) is 11.2. The van der Waals surface area contributed by atoms with Gasteiger partial charge in [-0.1, -0.05) is 30.3 Å². The van der Waals surface area contributed by atoms with E-state index in [9.17, 15) is 28.4 Å². The fourth-order valence-corrected chi connectivity index (χ4v) is 4.41. The number of nitrogens with zero attached hydrogens (tertiary/aromatic N) is 2. The van der Waals surface area contributed by atoms with Crippen molar-refractivity contribution < 1.29 is 28.0 Å². The van der Waals surface area contributed by atoms with Crippen LogP contribution in [0.25, 0.3) is 0 Å². The van der Waals surface area contributed by atoms with E-state index in [1.807, 2.05) is 30.3 Å². The lowest BCUT2D eigenvalue weighted by molar-refractivity contribution is -0.384. The molecule has 0 spiro atoms. The van der Waals surface area contributed by atoms with Crippen LogP contribution in [0, 0.1) is 10.1 Å². The molecule has 12 heteroatoms. The summed E-state index contributed by atoms with van der Waals surface area (Å²) in [5, 5.41) is 24.9. The van der Waals surface area contributed by atoms with Crippen LogP contribution in [0.1, 0.15) is 15.9 Å². The molecule has 0 aliphatic rings. The van der Waals surface area contributed by atoms with Crippen LogP contribution in [0.2, 0.25) is 0 Å². The Morgan fingerprint density at radius 3 is 2.24 bits per heavy atom. The van der Waals surface area contributed by atoms with Crippen LogP contribution in [0.5, 0.6) is 11.5 Å². The van der Waals surface area contributed by atoms with E-state index < -0.39 is 31.5 Å². The minimum atomic E-state index is -4.33. The van der Waals surface area contributed by atoms with Crippen molar-refractivity contribution in [1.82, 2.24) is 0 Å². The quantitative estimate of drug-likeness (QED) is 0.140.